The van der Waals surface area contributed by atoms with Gasteiger partial charge < -0.3 is 15.7 Å². The van der Waals surface area contributed by atoms with Crippen molar-refractivity contribution in [3.63, 3.8) is 0 Å². The highest BCUT2D eigenvalue weighted by atomic mass is 19.1. The van der Waals surface area contributed by atoms with Crippen LogP contribution in [-0.2, 0) is 4.79 Å². The molecule has 2 atom stereocenters. The molecule has 1 fully saturated rings. The van der Waals surface area contributed by atoms with Crippen LogP contribution in [0.15, 0.2) is 66.7 Å². The fraction of sp³-hybridized carbons (Fsp3) is 0.160. The van der Waals surface area contributed by atoms with Gasteiger partial charge in [0.2, 0.25) is 0 Å². The maximum absolute atomic E-state index is 13.7. The fourth-order valence-electron chi connectivity index (χ4n) is 3.77. The highest BCUT2D eigenvalue weighted by molar-refractivity contribution is 6.01. The molecule has 0 heterocycles. The summed E-state index contributed by atoms with van der Waals surface area (Å²) in [7, 11) is 0. The van der Waals surface area contributed by atoms with Crippen LogP contribution in [0.25, 0.3) is 11.1 Å². The van der Waals surface area contributed by atoms with Gasteiger partial charge in [0.15, 0.2) is 5.78 Å². The number of rotatable bonds is 6. The Morgan fingerprint density at radius 3 is 1.94 bits per heavy atom. The number of nitrogens with one attached hydrogen (secondary N) is 2. The van der Waals surface area contributed by atoms with Gasteiger partial charge in [-0.05, 0) is 48.2 Å². The molecule has 0 bridgehead atoms. The smallest absolute Gasteiger partial charge is 0.323 e. The minimum absolute atomic E-state index is 0.142. The van der Waals surface area contributed by atoms with Crippen molar-refractivity contribution >= 4 is 29.2 Å². The third-order valence-electron chi connectivity index (χ3n) is 5.75. The van der Waals surface area contributed by atoms with Crippen molar-refractivity contribution in [2.45, 2.75) is 12.8 Å². The molecule has 6 nitrogen and oxygen atoms in total. The van der Waals surface area contributed by atoms with Crippen molar-refractivity contribution in [2.75, 3.05) is 10.6 Å². The van der Waals surface area contributed by atoms with E-state index < -0.39 is 35.5 Å². The third-order valence-corrected chi connectivity index (χ3v) is 5.75. The normalized spacial score (nSPS) is 17.0. The molecule has 3 N–H and O–H groups in total. The van der Waals surface area contributed by atoms with Gasteiger partial charge in [-0.15, -0.1) is 0 Å². The van der Waals surface area contributed by atoms with E-state index in [4.69, 9.17) is 5.11 Å². The summed E-state index contributed by atoms with van der Waals surface area (Å²) < 4.78 is 26.6. The first kappa shape index (κ1) is 22.1. The molecule has 3 aromatic carbocycles. The van der Waals surface area contributed by atoms with Crippen LogP contribution in [0.3, 0.4) is 0 Å². The molecule has 0 saturated heterocycles. The van der Waals surface area contributed by atoms with Crippen LogP contribution < -0.4 is 10.6 Å². The number of anilines is 2. The van der Waals surface area contributed by atoms with Crippen LogP contribution >= 0.6 is 0 Å². The monoisotopic (exact) mass is 450 g/mol. The van der Waals surface area contributed by atoms with E-state index in [9.17, 15) is 23.2 Å². The van der Waals surface area contributed by atoms with Crippen molar-refractivity contribution in [3.8, 4) is 11.1 Å². The molecule has 2 amide bonds. The molecule has 0 radical (unpaired) electrons. The average molecular weight is 450 g/mol. The minimum Gasteiger partial charge on any atom is -0.481 e. The van der Waals surface area contributed by atoms with Crippen molar-refractivity contribution < 1.29 is 28.3 Å². The molecule has 0 aliphatic heterocycles. The molecule has 168 valence electrons. The molecule has 1 aliphatic carbocycles. The number of carbonyl (C=O) groups excluding carboxylic acids is 2. The zero-order chi connectivity index (χ0) is 23.5. The lowest BCUT2D eigenvalue weighted by molar-refractivity contribution is -0.146. The predicted molar refractivity (Wildman–Crippen MR) is 119 cm³/mol. The fourth-order valence-corrected chi connectivity index (χ4v) is 3.77. The van der Waals surface area contributed by atoms with Crippen LogP contribution in [0.1, 0.15) is 23.2 Å². The summed E-state index contributed by atoms with van der Waals surface area (Å²) in [4.78, 5) is 35.8. The Hall–Kier alpha value is -4.07. The molecule has 1 aliphatic rings. The number of urea groups is 1. The first-order valence-electron chi connectivity index (χ1n) is 10.3. The molecular weight excluding hydrogens is 430 g/mol. The molecule has 0 spiro atoms. The number of halogens is 2. The summed E-state index contributed by atoms with van der Waals surface area (Å²) in [5, 5.41) is 14.0. The Kier molecular flexibility index (Phi) is 6.17. The summed E-state index contributed by atoms with van der Waals surface area (Å²) in [6.07, 6.45) is 1.12. The molecule has 1 saturated carbocycles. The Balaban J connectivity index is 1.38. The number of aliphatic carboxylic acids is 1. The Bertz CT molecular complexity index is 1210. The van der Waals surface area contributed by atoms with Gasteiger partial charge in [0.1, 0.15) is 11.6 Å². The lowest BCUT2D eigenvalue weighted by Crippen LogP contribution is -2.38. The first-order chi connectivity index (χ1) is 15.8. The summed E-state index contributed by atoms with van der Waals surface area (Å²) >= 11 is 0. The van der Waals surface area contributed by atoms with E-state index in [2.05, 4.69) is 10.6 Å². The summed E-state index contributed by atoms with van der Waals surface area (Å²) in [6, 6.07) is 16.0. The Labute approximate surface area is 188 Å². The van der Waals surface area contributed by atoms with E-state index in [1.165, 1.54) is 0 Å². The van der Waals surface area contributed by atoms with Gasteiger partial charge in [0.05, 0.1) is 11.6 Å². The maximum atomic E-state index is 13.7. The minimum atomic E-state index is -0.929. The number of benzene rings is 3. The molecule has 0 unspecified atom stereocenters. The van der Waals surface area contributed by atoms with Crippen molar-refractivity contribution in [1.29, 1.82) is 0 Å². The van der Waals surface area contributed by atoms with Gasteiger partial charge >= 0.3 is 12.0 Å². The molecule has 8 heteroatoms. The van der Waals surface area contributed by atoms with Gasteiger partial charge in [-0.1, -0.05) is 36.4 Å². The van der Waals surface area contributed by atoms with E-state index in [1.807, 2.05) is 0 Å². The van der Waals surface area contributed by atoms with Crippen LogP contribution in [0.5, 0.6) is 0 Å². The van der Waals surface area contributed by atoms with Gasteiger partial charge in [0, 0.05) is 23.2 Å². The zero-order valence-electron chi connectivity index (χ0n) is 17.3. The van der Waals surface area contributed by atoms with Gasteiger partial charge in [0.25, 0.3) is 0 Å². The quantitative estimate of drug-likeness (QED) is 0.428. The molecule has 33 heavy (non-hydrogen) atoms. The van der Waals surface area contributed by atoms with Crippen molar-refractivity contribution in [2.24, 2.45) is 11.8 Å². The number of hydrogen-bond acceptors (Lipinski definition) is 3. The third kappa shape index (κ3) is 4.90. The second kappa shape index (κ2) is 9.20. The second-order valence-corrected chi connectivity index (χ2v) is 7.85. The summed E-state index contributed by atoms with van der Waals surface area (Å²) in [5.74, 6) is -3.76. The van der Waals surface area contributed by atoms with E-state index in [0.717, 1.165) is 23.3 Å². The van der Waals surface area contributed by atoms with Gasteiger partial charge in [-0.2, -0.15) is 0 Å². The van der Waals surface area contributed by atoms with E-state index >= 15 is 0 Å². The summed E-state index contributed by atoms with van der Waals surface area (Å²) in [5.41, 5.74) is 2.50. The van der Waals surface area contributed by atoms with E-state index in [0.29, 0.717) is 30.2 Å². The zero-order valence-corrected chi connectivity index (χ0v) is 17.3. The summed E-state index contributed by atoms with van der Waals surface area (Å²) in [6.45, 7) is 0. The lowest BCUT2D eigenvalue weighted by atomic mass is 9.70. The molecular formula is C25H20F2N2O4. The van der Waals surface area contributed by atoms with Crippen LogP contribution in [0, 0.1) is 23.5 Å². The number of carbonyl (C=O) groups is 3. The largest absolute Gasteiger partial charge is 0.481 e. The standard InChI is InChI=1S/C25H20F2N2O4/c26-17-7-12-22(21(27)13-17)29-25(33)28-18-8-5-15(6-9-18)14-1-3-16(4-2-14)23(30)19-10-11-20(19)24(31)32/h1-9,12-13,19-20H,10-11H2,(H,31,32)(H2,28,29,33)/t19-,20-/m1/s1. The Morgan fingerprint density at radius 1 is 0.788 bits per heavy atom. The number of carboxylic acids is 1. The lowest BCUT2D eigenvalue weighted by Gasteiger charge is -2.31. The maximum Gasteiger partial charge on any atom is 0.323 e. The molecule has 3 aromatic rings. The second-order valence-electron chi connectivity index (χ2n) is 7.85. The number of hydrogen-bond donors (Lipinski definition) is 3. The Morgan fingerprint density at radius 2 is 1.39 bits per heavy atom. The van der Waals surface area contributed by atoms with Crippen LogP contribution in [0.4, 0.5) is 25.0 Å². The van der Waals surface area contributed by atoms with E-state index in [-0.39, 0.29) is 11.5 Å². The topological polar surface area (TPSA) is 95.5 Å². The van der Waals surface area contributed by atoms with Gasteiger partial charge in [-0.25, -0.2) is 13.6 Å². The van der Waals surface area contributed by atoms with Gasteiger partial charge in [-0.3, -0.25) is 9.59 Å². The predicted octanol–water partition coefficient (Wildman–Crippen LogP) is 5.57. The number of carboxylic acid groups (broad SMARTS) is 1. The van der Waals surface area contributed by atoms with E-state index in [1.54, 1.807) is 48.5 Å². The highest BCUT2D eigenvalue weighted by Crippen LogP contribution is 2.37. The van der Waals surface area contributed by atoms with Crippen molar-refractivity contribution in [3.05, 3.63) is 83.9 Å². The van der Waals surface area contributed by atoms with Crippen molar-refractivity contribution in [1.82, 2.24) is 0 Å². The molecule has 4 rings (SSSR count). The number of Topliss-reactive ketones (excluding diaryl/α,β-unsaturated/α-hetero) is 1. The SMILES string of the molecule is O=C(Nc1ccc(-c2ccc(C(=O)[C@@H]3CC[C@H]3C(=O)O)cc2)cc1)Nc1ccc(F)cc1F. The van der Waals surface area contributed by atoms with Crippen LogP contribution in [-0.4, -0.2) is 22.9 Å². The first-order valence-corrected chi connectivity index (χ1v) is 10.3. The van der Waals surface area contributed by atoms with Crippen LogP contribution in [0.2, 0.25) is 0 Å². The number of amides is 2. The molecule has 0 aromatic heterocycles. The highest BCUT2D eigenvalue weighted by Gasteiger charge is 2.41. The average Bonchev–Trinajstić information content (AvgIpc) is 2.75. The number of ketones is 1.